The molecule has 0 saturated heterocycles. The van der Waals surface area contributed by atoms with E-state index in [0.717, 1.165) is 67.8 Å². The average Bonchev–Trinajstić information content (AvgIpc) is 3.80. The number of anilines is 3. The van der Waals surface area contributed by atoms with Gasteiger partial charge in [0.2, 0.25) is 0 Å². The van der Waals surface area contributed by atoms with Crippen LogP contribution in [0, 0.1) is 12.1 Å². The van der Waals surface area contributed by atoms with Crippen LogP contribution < -0.4 is 4.90 Å². The number of hydrogen-bond donors (Lipinski definition) is 0. The van der Waals surface area contributed by atoms with Gasteiger partial charge in [-0.3, -0.25) is 9.67 Å². The smallest absolute Gasteiger partial charge is 0.373 e. The van der Waals surface area contributed by atoms with E-state index in [4.69, 9.17) is 5.10 Å². The third-order valence-corrected chi connectivity index (χ3v) is 9.98. The summed E-state index contributed by atoms with van der Waals surface area (Å²) < 4.78 is 4.11. The van der Waals surface area contributed by atoms with E-state index in [1.165, 1.54) is 11.1 Å². The third-order valence-electron chi connectivity index (χ3n) is 9.98. The second kappa shape index (κ2) is 13.4. The number of benzene rings is 6. The first kappa shape index (κ1) is 33.4. The summed E-state index contributed by atoms with van der Waals surface area (Å²) in [6, 6.07) is 58.6. The Morgan fingerprint density at radius 2 is 1.25 bits per heavy atom. The number of imidazole rings is 1. The summed E-state index contributed by atoms with van der Waals surface area (Å²) in [4.78, 5) is 6.93. The Hall–Kier alpha value is -5.77. The van der Waals surface area contributed by atoms with Crippen LogP contribution in [0.5, 0.6) is 0 Å². The Morgan fingerprint density at radius 1 is 0.596 bits per heavy atom. The molecule has 0 amide bonds. The van der Waals surface area contributed by atoms with Crippen LogP contribution in [-0.2, 0) is 33.5 Å². The molecule has 6 aromatic carbocycles. The van der Waals surface area contributed by atoms with Gasteiger partial charge < -0.3 is 9.47 Å². The first-order chi connectivity index (χ1) is 25.0. The van der Waals surface area contributed by atoms with Crippen LogP contribution in [0.25, 0.3) is 50.7 Å². The maximum absolute atomic E-state index is 5.44. The molecule has 1 aliphatic rings. The summed E-state index contributed by atoms with van der Waals surface area (Å²) in [6.07, 6.45) is 3.79. The molecule has 52 heavy (non-hydrogen) atoms. The molecule has 0 atom stereocenters. The molecule has 0 fully saturated rings. The second-order valence-corrected chi connectivity index (χ2v) is 13.5. The molecule has 0 spiro atoms. The van der Waals surface area contributed by atoms with Crippen molar-refractivity contribution in [3.8, 4) is 50.7 Å². The zero-order valence-electron chi connectivity index (χ0n) is 29.1. The van der Waals surface area contributed by atoms with Gasteiger partial charge in [-0.1, -0.05) is 129 Å². The number of aromatic nitrogens is 4. The molecule has 0 N–H and O–H groups in total. The molecule has 1 aliphatic heterocycles. The molecule has 0 aliphatic carbocycles. The van der Waals surface area contributed by atoms with E-state index in [1.807, 2.05) is 30.1 Å². The van der Waals surface area contributed by atoms with Gasteiger partial charge in [-0.05, 0) is 34.0 Å². The molecule has 0 bridgehead atoms. The summed E-state index contributed by atoms with van der Waals surface area (Å²) >= 11 is 0. The van der Waals surface area contributed by atoms with Crippen molar-refractivity contribution in [1.29, 1.82) is 0 Å². The monoisotopic (exact) mass is 852 g/mol. The normalized spacial score (nSPS) is 12.9. The van der Waals surface area contributed by atoms with Gasteiger partial charge in [-0.15, -0.1) is 47.5 Å². The van der Waals surface area contributed by atoms with Gasteiger partial charge in [0.1, 0.15) is 5.69 Å². The zero-order valence-corrected chi connectivity index (χ0v) is 31.3. The summed E-state index contributed by atoms with van der Waals surface area (Å²) in [5.41, 5.74) is 13.2. The molecular formula is C46H35N5Pt. The fourth-order valence-electron chi connectivity index (χ4n) is 7.46. The zero-order chi connectivity index (χ0) is 34.5. The molecule has 254 valence electrons. The van der Waals surface area contributed by atoms with Crippen LogP contribution >= 0.6 is 0 Å². The number of hydrogen-bond acceptors (Lipinski definition) is 3. The van der Waals surface area contributed by atoms with Crippen molar-refractivity contribution < 1.29 is 21.1 Å². The molecular weight excluding hydrogens is 818 g/mol. The van der Waals surface area contributed by atoms with Crippen molar-refractivity contribution in [2.45, 2.75) is 19.3 Å². The standard InChI is InChI=1S/C46H35N5.Pt/c1-46(2)38-24-13-14-25-40(38)50(36-23-15-22-35(30-36)45-47-28-29-49(45)3)41-31-37(26-27-39(41)46)51-44(34-20-11-6-12-21-34)42(32-16-7-4-8-17-32)43(48-51)33-18-9-5-10-19-33;/h4-29H,1-3H3;/q-2;+2. The van der Waals surface area contributed by atoms with Crippen LogP contribution in [0.1, 0.15) is 25.0 Å². The van der Waals surface area contributed by atoms with Crippen LogP contribution in [0.3, 0.4) is 0 Å². The average molecular weight is 853 g/mol. The van der Waals surface area contributed by atoms with E-state index >= 15 is 0 Å². The van der Waals surface area contributed by atoms with Crippen LogP contribution in [-0.4, -0.2) is 19.3 Å². The van der Waals surface area contributed by atoms with Gasteiger partial charge in [0.05, 0.1) is 11.5 Å². The first-order valence-corrected chi connectivity index (χ1v) is 17.2. The number of fused-ring (bicyclic) bond motifs is 2. The predicted octanol–water partition coefficient (Wildman–Crippen LogP) is 11.0. The number of nitrogens with zero attached hydrogens (tertiary/aromatic N) is 5. The van der Waals surface area contributed by atoms with Crippen LogP contribution in [0.2, 0.25) is 0 Å². The van der Waals surface area contributed by atoms with E-state index in [1.54, 1.807) is 0 Å². The summed E-state index contributed by atoms with van der Waals surface area (Å²) in [5.74, 6) is 0.867. The SMILES string of the molecule is Cn1ccnc1-c1[c-]c(N2c3[c-]c(-n4nc(-c5ccccc5)c(-c5ccccc5)c4-c4ccccc4)ccc3C(C)(C)c3ccccc32)ccc1.[Pt+2]. The largest absolute Gasteiger partial charge is 2.00 e. The van der Waals surface area contributed by atoms with Crippen molar-refractivity contribution in [3.05, 3.63) is 181 Å². The Labute approximate surface area is 319 Å². The fraction of sp³-hybridized carbons (Fsp3) is 0.0870. The third kappa shape index (κ3) is 5.53. The minimum absolute atomic E-state index is 0. The molecule has 9 rings (SSSR count). The van der Waals surface area contributed by atoms with E-state index in [-0.39, 0.29) is 26.5 Å². The molecule has 6 heteroatoms. The number of aryl methyl sites for hydroxylation is 1. The Bertz CT molecular complexity index is 2520. The second-order valence-electron chi connectivity index (χ2n) is 13.5. The van der Waals surface area contributed by atoms with Gasteiger partial charge in [-0.2, -0.15) is 11.2 Å². The Morgan fingerprint density at radius 3 is 1.94 bits per heavy atom. The summed E-state index contributed by atoms with van der Waals surface area (Å²) in [7, 11) is 2.01. The molecule has 8 aromatic rings. The van der Waals surface area contributed by atoms with Crippen molar-refractivity contribution in [1.82, 2.24) is 19.3 Å². The molecule has 2 aromatic heterocycles. The summed E-state index contributed by atoms with van der Waals surface area (Å²) in [6.45, 7) is 4.60. The molecule has 0 radical (unpaired) electrons. The minimum Gasteiger partial charge on any atom is -0.373 e. The van der Waals surface area contributed by atoms with E-state index in [9.17, 15) is 0 Å². The topological polar surface area (TPSA) is 38.9 Å². The maximum Gasteiger partial charge on any atom is 2.00 e. The van der Waals surface area contributed by atoms with Gasteiger partial charge >= 0.3 is 21.1 Å². The Kier molecular flexibility index (Phi) is 8.61. The molecule has 3 heterocycles. The predicted molar refractivity (Wildman–Crippen MR) is 207 cm³/mol. The fourth-order valence-corrected chi connectivity index (χ4v) is 7.46. The number of para-hydroxylation sites is 1. The van der Waals surface area contributed by atoms with Crippen LogP contribution in [0.4, 0.5) is 17.1 Å². The van der Waals surface area contributed by atoms with E-state index in [0.29, 0.717) is 0 Å². The quantitative estimate of drug-likeness (QED) is 0.156. The Balaban J connectivity index is 0.00000387. The van der Waals surface area contributed by atoms with Crippen molar-refractivity contribution in [2.75, 3.05) is 4.90 Å². The first-order valence-electron chi connectivity index (χ1n) is 17.2. The van der Waals surface area contributed by atoms with Gasteiger partial charge in [0, 0.05) is 41.8 Å². The maximum atomic E-state index is 5.44. The van der Waals surface area contributed by atoms with Crippen molar-refractivity contribution in [3.63, 3.8) is 0 Å². The van der Waals surface area contributed by atoms with Gasteiger partial charge in [0.25, 0.3) is 0 Å². The molecule has 5 nitrogen and oxygen atoms in total. The van der Waals surface area contributed by atoms with E-state index in [2.05, 4.69) is 180 Å². The van der Waals surface area contributed by atoms with E-state index < -0.39 is 0 Å². The minimum atomic E-state index is -0.272. The van der Waals surface area contributed by atoms with Crippen LogP contribution in [0.15, 0.2) is 158 Å². The van der Waals surface area contributed by atoms with Gasteiger partial charge in [-0.25, -0.2) is 0 Å². The number of rotatable bonds is 6. The summed E-state index contributed by atoms with van der Waals surface area (Å²) in [5, 5.41) is 5.44. The van der Waals surface area contributed by atoms with Crippen molar-refractivity contribution in [2.24, 2.45) is 7.05 Å². The molecule has 0 unspecified atom stereocenters. The van der Waals surface area contributed by atoms with Gasteiger partial charge in [0.15, 0.2) is 0 Å². The molecule has 0 saturated carbocycles. The van der Waals surface area contributed by atoms with Crippen molar-refractivity contribution >= 4 is 17.1 Å².